The molecule has 0 amide bonds. The van der Waals surface area contributed by atoms with E-state index in [-0.39, 0.29) is 11.6 Å². The van der Waals surface area contributed by atoms with Gasteiger partial charge >= 0.3 is 0 Å². The topological polar surface area (TPSA) is 83.4 Å². The van der Waals surface area contributed by atoms with Crippen molar-refractivity contribution in [3.05, 3.63) is 23.9 Å². The van der Waals surface area contributed by atoms with Crippen molar-refractivity contribution in [3.8, 4) is 0 Å². The highest BCUT2D eigenvalue weighted by atomic mass is 16.5. The Labute approximate surface area is 114 Å². The molecule has 1 saturated heterocycles. The minimum Gasteiger partial charge on any atom is -0.384 e. The second-order valence-corrected chi connectivity index (χ2v) is 5.01. The van der Waals surface area contributed by atoms with Gasteiger partial charge in [0.2, 0.25) is 0 Å². The Bertz CT molecular complexity index is 400. The lowest BCUT2D eigenvalue weighted by molar-refractivity contribution is -0.120. The fourth-order valence-electron chi connectivity index (χ4n) is 2.69. The molecule has 1 aromatic heterocycles. The van der Waals surface area contributed by atoms with Gasteiger partial charge in [0, 0.05) is 44.9 Å². The lowest BCUT2D eigenvalue weighted by Gasteiger charge is -2.41. The molecule has 2 rings (SSSR count). The molecule has 1 unspecified atom stereocenters. The van der Waals surface area contributed by atoms with E-state index < -0.39 is 0 Å². The predicted molar refractivity (Wildman–Crippen MR) is 74.7 cm³/mol. The van der Waals surface area contributed by atoms with Crippen molar-refractivity contribution in [1.82, 2.24) is 4.98 Å². The molecule has 5 heteroatoms. The average Bonchev–Trinajstić information content (AvgIpc) is 2.40. The number of hydrogen-bond acceptors (Lipinski definition) is 5. The molecule has 19 heavy (non-hydrogen) atoms. The number of aromatic nitrogens is 1. The summed E-state index contributed by atoms with van der Waals surface area (Å²) in [6.07, 6.45) is 4.16. The summed E-state index contributed by atoms with van der Waals surface area (Å²) >= 11 is 0. The summed E-state index contributed by atoms with van der Waals surface area (Å²) in [5.74, 6) is 0.530. The fraction of sp³-hybridized carbons (Fsp3) is 0.643. The minimum atomic E-state index is -0.273. The van der Waals surface area contributed by atoms with Crippen LogP contribution in [0.15, 0.2) is 18.3 Å². The van der Waals surface area contributed by atoms with Gasteiger partial charge in [-0.25, -0.2) is 4.98 Å². The summed E-state index contributed by atoms with van der Waals surface area (Å²) < 4.78 is 11.4. The minimum absolute atomic E-state index is 0.0573. The number of ether oxygens (including phenoxy) is 2. The van der Waals surface area contributed by atoms with Crippen LogP contribution in [0.4, 0.5) is 5.82 Å². The smallest absolute Gasteiger partial charge is 0.123 e. The monoisotopic (exact) mass is 265 g/mol. The fourth-order valence-corrected chi connectivity index (χ4v) is 2.69. The molecule has 0 aliphatic carbocycles. The Balaban J connectivity index is 2.08. The summed E-state index contributed by atoms with van der Waals surface area (Å²) in [5, 5.41) is 0. The standard InChI is InChI=1S/C14H23N3O2/c1-2-19-14(4-7-18-8-5-14)12(15)9-11-3-6-17-13(16)10-11/h3,6,10,12H,2,4-5,7-9,15H2,1H3,(H2,16,17). The highest BCUT2D eigenvalue weighted by molar-refractivity contribution is 5.32. The van der Waals surface area contributed by atoms with Crippen LogP contribution in [0.2, 0.25) is 0 Å². The molecule has 1 aliphatic rings. The molecule has 5 nitrogen and oxygen atoms in total. The van der Waals surface area contributed by atoms with Gasteiger partial charge < -0.3 is 20.9 Å². The van der Waals surface area contributed by atoms with Crippen molar-refractivity contribution in [3.63, 3.8) is 0 Å². The first kappa shape index (κ1) is 14.2. The largest absolute Gasteiger partial charge is 0.384 e. The molecule has 0 spiro atoms. The van der Waals surface area contributed by atoms with E-state index in [2.05, 4.69) is 4.98 Å². The summed E-state index contributed by atoms with van der Waals surface area (Å²) in [5.41, 5.74) is 12.9. The van der Waals surface area contributed by atoms with Gasteiger partial charge in [-0.05, 0) is 31.0 Å². The van der Waals surface area contributed by atoms with E-state index >= 15 is 0 Å². The Morgan fingerprint density at radius 1 is 1.47 bits per heavy atom. The van der Waals surface area contributed by atoms with Gasteiger partial charge in [-0.3, -0.25) is 0 Å². The van der Waals surface area contributed by atoms with Crippen LogP contribution in [-0.2, 0) is 15.9 Å². The first-order valence-electron chi connectivity index (χ1n) is 6.84. The zero-order valence-corrected chi connectivity index (χ0v) is 11.5. The van der Waals surface area contributed by atoms with Gasteiger partial charge in [0.15, 0.2) is 0 Å². The van der Waals surface area contributed by atoms with E-state index in [9.17, 15) is 0 Å². The third-order valence-electron chi connectivity index (χ3n) is 3.75. The molecule has 1 fully saturated rings. The van der Waals surface area contributed by atoms with Crippen LogP contribution >= 0.6 is 0 Å². The Morgan fingerprint density at radius 2 is 2.21 bits per heavy atom. The number of anilines is 1. The molecule has 1 aromatic rings. The number of nitrogens with two attached hydrogens (primary N) is 2. The van der Waals surface area contributed by atoms with Crippen LogP contribution in [0.5, 0.6) is 0 Å². The van der Waals surface area contributed by atoms with Gasteiger partial charge in [0.1, 0.15) is 5.82 Å². The highest BCUT2D eigenvalue weighted by Gasteiger charge is 2.39. The van der Waals surface area contributed by atoms with Crippen molar-refractivity contribution < 1.29 is 9.47 Å². The number of pyridine rings is 1. The molecule has 2 heterocycles. The molecule has 106 valence electrons. The van der Waals surface area contributed by atoms with E-state index in [0.29, 0.717) is 25.6 Å². The van der Waals surface area contributed by atoms with E-state index in [0.717, 1.165) is 24.8 Å². The van der Waals surface area contributed by atoms with Gasteiger partial charge in [0.05, 0.1) is 5.60 Å². The van der Waals surface area contributed by atoms with E-state index in [1.807, 2.05) is 19.1 Å². The number of nitrogen functional groups attached to an aromatic ring is 1. The Morgan fingerprint density at radius 3 is 2.84 bits per heavy atom. The van der Waals surface area contributed by atoms with Crippen molar-refractivity contribution in [2.24, 2.45) is 5.73 Å². The SMILES string of the molecule is CCOC1(C(N)Cc2ccnc(N)c2)CCOCC1. The zero-order chi connectivity index (χ0) is 13.7. The maximum absolute atomic E-state index is 6.41. The quantitative estimate of drug-likeness (QED) is 0.833. The summed E-state index contributed by atoms with van der Waals surface area (Å²) in [7, 11) is 0. The number of rotatable bonds is 5. The van der Waals surface area contributed by atoms with Crippen molar-refractivity contribution in [2.45, 2.75) is 37.8 Å². The first-order valence-corrected chi connectivity index (χ1v) is 6.84. The van der Waals surface area contributed by atoms with E-state index in [1.54, 1.807) is 6.20 Å². The van der Waals surface area contributed by atoms with Crippen LogP contribution in [0.3, 0.4) is 0 Å². The van der Waals surface area contributed by atoms with Crippen molar-refractivity contribution in [2.75, 3.05) is 25.6 Å². The molecule has 0 bridgehead atoms. The molecule has 1 aliphatic heterocycles. The van der Waals surface area contributed by atoms with Crippen LogP contribution < -0.4 is 11.5 Å². The summed E-state index contributed by atoms with van der Waals surface area (Å²) in [6, 6.07) is 3.77. The predicted octanol–water partition coefficient (Wildman–Crippen LogP) is 1.12. The summed E-state index contributed by atoms with van der Waals surface area (Å²) in [6.45, 7) is 4.11. The van der Waals surface area contributed by atoms with Crippen molar-refractivity contribution >= 4 is 5.82 Å². The average molecular weight is 265 g/mol. The van der Waals surface area contributed by atoms with Crippen molar-refractivity contribution in [1.29, 1.82) is 0 Å². The third-order valence-corrected chi connectivity index (χ3v) is 3.75. The van der Waals surface area contributed by atoms with Gasteiger partial charge in [-0.15, -0.1) is 0 Å². The third kappa shape index (κ3) is 3.43. The Hall–Kier alpha value is -1.17. The number of nitrogens with zero attached hydrogens (tertiary/aromatic N) is 1. The molecule has 0 aromatic carbocycles. The van der Waals surface area contributed by atoms with Crippen LogP contribution in [0.25, 0.3) is 0 Å². The second-order valence-electron chi connectivity index (χ2n) is 5.01. The second kappa shape index (κ2) is 6.32. The van der Waals surface area contributed by atoms with Crippen LogP contribution in [0, 0.1) is 0 Å². The normalized spacial score (nSPS) is 20.1. The molecule has 0 saturated carbocycles. The number of hydrogen-bond donors (Lipinski definition) is 2. The van der Waals surface area contributed by atoms with Crippen LogP contribution in [0.1, 0.15) is 25.3 Å². The Kier molecular flexibility index (Phi) is 4.74. The zero-order valence-electron chi connectivity index (χ0n) is 11.5. The molecular formula is C14H23N3O2. The maximum Gasteiger partial charge on any atom is 0.123 e. The highest BCUT2D eigenvalue weighted by Crippen LogP contribution is 2.29. The summed E-state index contributed by atoms with van der Waals surface area (Å²) in [4.78, 5) is 4.00. The molecule has 4 N–H and O–H groups in total. The van der Waals surface area contributed by atoms with E-state index in [1.165, 1.54) is 0 Å². The molecule has 0 radical (unpaired) electrons. The first-order chi connectivity index (χ1) is 9.16. The lowest BCUT2D eigenvalue weighted by atomic mass is 9.83. The van der Waals surface area contributed by atoms with Gasteiger partial charge in [-0.2, -0.15) is 0 Å². The lowest BCUT2D eigenvalue weighted by Crippen LogP contribution is -2.54. The maximum atomic E-state index is 6.41. The molecular weight excluding hydrogens is 242 g/mol. The van der Waals surface area contributed by atoms with E-state index in [4.69, 9.17) is 20.9 Å². The van der Waals surface area contributed by atoms with Gasteiger partial charge in [0.25, 0.3) is 0 Å². The van der Waals surface area contributed by atoms with Gasteiger partial charge in [-0.1, -0.05) is 0 Å². The molecule has 1 atom stereocenters. The van der Waals surface area contributed by atoms with Crippen LogP contribution in [-0.4, -0.2) is 36.4 Å².